The molecule has 116 valence electrons. The van der Waals surface area contributed by atoms with Crippen LogP contribution in [0.3, 0.4) is 0 Å². The second-order valence-corrected chi connectivity index (χ2v) is 6.40. The second-order valence-electron chi connectivity index (χ2n) is 5.54. The molecule has 3 nitrogen and oxygen atoms in total. The highest BCUT2D eigenvalue weighted by molar-refractivity contribution is 7.13. The van der Waals surface area contributed by atoms with Crippen LogP contribution in [-0.4, -0.2) is 10.9 Å². The van der Waals surface area contributed by atoms with Crippen LogP contribution in [0.1, 0.15) is 27.2 Å². The summed E-state index contributed by atoms with van der Waals surface area (Å²) in [5, 5.41) is 6.01. The predicted octanol–water partition coefficient (Wildman–Crippen LogP) is 4.36. The molecule has 1 N–H and O–H groups in total. The second kappa shape index (κ2) is 6.75. The highest BCUT2D eigenvalue weighted by Gasteiger charge is 2.06. The van der Waals surface area contributed by atoms with E-state index in [9.17, 15) is 4.79 Å². The van der Waals surface area contributed by atoms with Crippen molar-refractivity contribution in [2.45, 2.75) is 20.4 Å². The average molecular weight is 322 g/mol. The number of hydrogen-bond donors (Lipinski definition) is 1. The molecule has 0 spiro atoms. The predicted molar refractivity (Wildman–Crippen MR) is 94.6 cm³/mol. The minimum atomic E-state index is -0.0551. The molecule has 0 saturated carbocycles. The lowest BCUT2D eigenvalue weighted by Gasteiger charge is -2.07. The first-order valence-electron chi connectivity index (χ1n) is 7.48. The van der Waals surface area contributed by atoms with Crippen LogP contribution >= 0.6 is 11.3 Å². The molecular formula is C19H18N2OS. The van der Waals surface area contributed by atoms with Crippen LogP contribution in [0.15, 0.2) is 53.9 Å². The fourth-order valence-corrected chi connectivity index (χ4v) is 3.08. The molecule has 0 aliphatic heterocycles. The number of nitrogens with one attached hydrogen (secondary N) is 1. The van der Waals surface area contributed by atoms with Gasteiger partial charge in [-0.05, 0) is 37.6 Å². The zero-order valence-corrected chi connectivity index (χ0v) is 14.0. The van der Waals surface area contributed by atoms with Gasteiger partial charge in [-0.25, -0.2) is 4.98 Å². The lowest BCUT2D eigenvalue weighted by molar-refractivity contribution is 0.0951. The maximum atomic E-state index is 12.2. The van der Waals surface area contributed by atoms with Crippen LogP contribution in [0, 0.1) is 13.8 Å². The van der Waals surface area contributed by atoms with Gasteiger partial charge in [-0.15, -0.1) is 11.3 Å². The quantitative estimate of drug-likeness (QED) is 0.775. The number of aryl methyl sites for hydroxylation is 2. The maximum absolute atomic E-state index is 12.2. The Morgan fingerprint density at radius 2 is 1.91 bits per heavy atom. The van der Waals surface area contributed by atoms with Gasteiger partial charge in [0.2, 0.25) is 0 Å². The van der Waals surface area contributed by atoms with E-state index < -0.39 is 0 Å². The first-order chi connectivity index (χ1) is 11.1. The Bertz CT molecular complexity index is 821. The number of nitrogens with zero attached hydrogens (tertiary/aromatic N) is 1. The van der Waals surface area contributed by atoms with Crippen molar-refractivity contribution in [3.8, 4) is 10.6 Å². The molecule has 23 heavy (non-hydrogen) atoms. The van der Waals surface area contributed by atoms with Gasteiger partial charge in [-0.3, -0.25) is 4.79 Å². The molecule has 0 aliphatic rings. The summed E-state index contributed by atoms with van der Waals surface area (Å²) in [7, 11) is 0. The largest absolute Gasteiger partial charge is 0.348 e. The van der Waals surface area contributed by atoms with Gasteiger partial charge < -0.3 is 5.32 Å². The molecule has 0 bridgehead atoms. The number of carbonyl (C=O) groups is 1. The number of amides is 1. The Balaban J connectivity index is 1.68. The summed E-state index contributed by atoms with van der Waals surface area (Å²) in [6.07, 6.45) is 0. The van der Waals surface area contributed by atoms with Gasteiger partial charge in [-0.1, -0.05) is 35.9 Å². The number of carbonyl (C=O) groups excluding carboxylic acids is 1. The van der Waals surface area contributed by atoms with Crippen molar-refractivity contribution in [1.29, 1.82) is 0 Å². The maximum Gasteiger partial charge on any atom is 0.251 e. The highest BCUT2D eigenvalue weighted by Crippen LogP contribution is 2.24. The number of aromatic nitrogens is 1. The fraction of sp³-hybridized carbons (Fsp3) is 0.158. The van der Waals surface area contributed by atoms with Crippen molar-refractivity contribution in [3.63, 3.8) is 0 Å². The molecule has 0 fully saturated rings. The first kappa shape index (κ1) is 15.4. The summed E-state index contributed by atoms with van der Waals surface area (Å²) in [6, 6.07) is 15.7. The standard InChI is InChI=1S/C19H18N2OS/c1-13-6-8-16(9-7-13)18(22)20-11-15-4-3-5-17(10-15)19-21-14(2)12-23-19/h3-10,12H,11H2,1-2H3,(H,20,22). The highest BCUT2D eigenvalue weighted by atomic mass is 32.1. The van der Waals surface area contributed by atoms with Gasteiger partial charge in [0.1, 0.15) is 5.01 Å². The third kappa shape index (κ3) is 3.85. The molecule has 0 atom stereocenters. The summed E-state index contributed by atoms with van der Waals surface area (Å²) in [4.78, 5) is 16.7. The molecular weight excluding hydrogens is 304 g/mol. The van der Waals surface area contributed by atoms with Crippen LogP contribution in [0.5, 0.6) is 0 Å². The van der Waals surface area contributed by atoms with E-state index in [1.54, 1.807) is 11.3 Å². The topological polar surface area (TPSA) is 42.0 Å². The van der Waals surface area contributed by atoms with Crippen LogP contribution in [0.2, 0.25) is 0 Å². The van der Waals surface area contributed by atoms with Crippen molar-refractivity contribution in [3.05, 3.63) is 76.3 Å². The Labute approximate surface area is 140 Å². The molecule has 2 aromatic carbocycles. The SMILES string of the molecule is Cc1ccc(C(=O)NCc2cccc(-c3nc(C)cs3)c2)cc1. The molecule has 3 rings (SSSR count). The fourth-order valence-electron chi connectivity index (χ4n) is 2.29. The minimum Gasteiger partial charge on any atom is -0.348 e. The molecule has 4 heteroatoms. The third-order valence-electron chi connectivity index (χ3n) is 3.56. The Hall–Kier alpha value is -2.46. The van der Waals surface area contributed by atoms with Crippen LogP contribution < -0.4 is 5.32 Å². The van der Waals surface area contributed by atoms with E-state index in [-0.39, 0.29) is 5.91 Å². The lowest BCUT2D eigenvalue weighted by Crippen LogP contribution is -2.22. The minimum absolute atomic E-state index is 0.0551. The van der Waals surface area contributed by atoms with Gasteiger partial charge in [0.25, 0.3) is 5.91 Å². The number of rotatable bonds is 4. The van der Waals surface area contributed by atoms with Gasteiger partial charge in [0, 0.05) is 28.7 Å². The molecule has 0 unspecified atom stereocenters. The van der Waals surface area contributed by atoms with E-state index in [0.29, 0.717) is 12.1 Å². The van der Waals surface area contributed by atoms with E-state index in [4.69, 9.17) is 0 Å². The zero-order chi connectivity index (χ0) is 16.2. The van der Waals surface area contributed by atoms with Gasteiger partial charge in [0.05, 0.1) is 0 Å². The summed E-state index contributed by atoms with van der Waals surface area (Å²) in [5.41, 5.74) is 5.01. The van der Waals surface area contributed by atoms with Crippen LogP contribution in [-0.2, 0) is 6.54 Å². The lowest BCUT2D eigenvalue weighted by atomic mass is 10.1. The summed E-state index contributed by atoms with van der Waals surface area (Å²) < 4.78 is 0. The zero-order valence-electron chi connectivity index (χ0n) is 13.2. The van der Waals surface area contributed by atoms with Gasteiger partial charge >= 0.3 is 0 Å². The summed E-state index contributed by atoms with van der Waals surface area (Å²) in [5.74, 6) is -0.0551. The van der Waals surface area contributed by atoms with E-state index in [1.165, 1.54) is 0 Å². The van der Waals surface area contributed by atoms with E-state index in [2.05, 4.69) is 16.4 Å². The molecule has 1 amide bonds. The monoisotopic (exact) mass is 322 g/mol. The van der Waals surface area contributed by atoms with E-state index in [1.807, 2.05) is 61.7 Å². The molecule has 0 saturated heterocycles. The summed E-state index contributed by atoms with van der Waals surface area (Å²) in [6.45, 7) is 4.50. The Morgan fingerprint density at radius 1 is 1.13 bits per heavy atom. The van der Waals surface area contributed by atoms with Crippen LogP contribution in [0.25, 0.3) is 10.6 Å². The molecule has 0 radical (unpaired) electrons. The Morgan fingerprint density at radius 3 is 2.61 bits per heavy atom. The van der Waals surface area contributed by atoms with E-state index >= 15 is 0 Å². The number of thiazole rings is 1. The van der Waals surface area contributed by atoms with Crippen molar-refractivity contribution in [2.24, 2.45) is 0 Å². The summed E-state index contributed by atoms with van der Waals surface area (Å²) >= 11 is 1.64. The van der Waals surface area contributed by atoms with Crippen LogP contribution in [0.4, 0.5) is 0 Å². The van der Waals surface area contributed by atoms with Crippen molar-refractivity contribution < 1.29 is 4.79 Å². The van der Waals surface area contributed by atoms with Gasteiger partial charge in [0.15, 0.2) is 0 Å². The van der Waals surface area contributed by atoms with E-state index in [0.717, 1.165) is 27.4 Å². The van der Waals surface area contributed by atoms with Crippen molar-refractivity contribution in [2.75, 3.05) is 0 Å². The average Bonchev–Trinajstić information content (AvgIpc) is 3.00. The molecule has 3 aromatic rings. The molecule has 1 heterocycles. The molecule has 0 aliphatic carbocycles. The smallest absolute Gasteiger partial charge is 0.251 e. The Kier molecular flexibility index (Phi) is 4.53. The van der Waals surface area contributed by atoms with Gasteiger partial charge in [-0.2, -0.15) is 0 Å². The molecule has 1 aromatic heterocycles. The first-order valence-corrected chi connectivity index (χ1v) is 8.36. The van der Waals surface area contributed by atoms with Crippen molar-refractivity contribution >= 4 is 17.2 Å². The number of hydrogen-bond acceptors (Lipinski definition) is 3. The number of benzene rings is 2. The normalized spacial score (nSPS) is 10.5. The van der Waals surface area contributed by atoms with Crippen molar-refractivity contribution in [1.82, 2.24) is 10.3 Å². The third-order valence-corrected chi connectivity index (χ3v) is 4.57.